The number of halogens is 2. The first-order chi connectivity index (χ1) is 48.8. The Morgan fingerprint density at radius 2 is 1.40 bits per heavy atom. The van der Waals surface area contributed by atoms with Gasteiger partial charge in [-0.15, -0.1) is 11.3 Å². The van der Waals surface area contributed by atoms with Gasteiger partial charge in [-0.1, -0.05) is 57.2 Å². The molecule has 5 aliphatic heterocycles. The minimum Gasteiger partial charge on any atom is -0.438 e. The third-order valence-corrected chi connectivity index (χ3v) is 23.3. The maximum Gasteiger partial charge on any atom is 0.346 e. The molecule has 1 unspecified atom stereocenters. The fraction of sp³-hybridized carbons (Fsp3) is 0.575. The number of benzene rings is 3. The van der Waals surface area contributed by atoms with E-state index in [0.29, 0.717) is 60.5 Å². The van der Waals surface area contributed by atoms with E-state index in [9.17, 15) is 61.3 Å². The Bertz CT molecular complexity index is 3920. The molecule has 0 saturated carbocycles. The molecule has 4 aromatic rings. The van der Waals surface area contributed by atoms with Crippen LogP contribution in [-0.2, 0) is 89.8 Å². The van der Waals surface area contributed by atoms with Crippen LogP contribution in [0.2, 0.25) is 0 Å². The molecule has 31 heteroatoms. The number of nitrogens with zero attached hydrogens (tertiary/aromatic N) is 5. The van der Waals surface area contributed by atoms with Crippen LogP contribution >= 0.6 is 18.9 Å². The summed E-state index contributed by atoms with van der Waals surface area (Å²) in [6, 6.07) is 12.8. The van der Waals surface area contributed by atoms with Crippen molar-refractivity contribution in [1.82, 2.24) is 45.8 Å². The molecule has 9 amide bonds. The highest BCUT2D eigenvalue weighted by Gasteiger charge is 2.49. The van der Waals surface area contributed by atoms with E-state index >= 15 is 4.79 Å². The second kappa shape index (κ2) is 33.0. The van der Waals surface area contributed by atoms with Gasteiger partial charge >= 0.3 is 19.5 Å². The minimum absolute atomic E-state index is 0.0515. The first-order valence-corrected chi connectivity index (χ1v) is 37.6. The van der Waals surface area contributed by atoms with E-state index in [4.69, 9.17) is 24.3 Å². The number of amides is 9. The summed E-state index contributed by atoms with van der Waals surface area (Å²) >= 11 is 1.04. The molecule has 566 valence electrons. The number of fused-ring (bicyclic) bond motifs is 3. The van der Waals surface area contributed by atoms with Gasteiger partial charge in [0, 0.05) is 106 Å². The Labute approximate surface area is 608 Å². The van der Waals surface area contributed by atoms with Crippen LogP contribution in [0.3, 0.4) is 0 Å². The topological polar surface area (TPSA) is 344 Å². The van der Waals surface area contributed by atoms with Crippen molar-refractivity contribution in [3.05, 3.63) is 99.4 Å². The number of primary amides is 1. The van der Waals surface area contributed by atoms with Crippen molar-refractivity contribution in [2.24, 2.45) is 16.6 Å². The molecule has 0 radical (unpaired) electrons. The largest absolute Gasteiger partial charge is 0.438 e. The molecule has 7 N–H and O–H groups in total. The van der Waals surface area contributed by atoms with E-state index in [0.717, 1.165) is 33.7 Å². The molecule has 3 aromatic carbocycles. The van der Waals surface area contributed by atoms with E-state index in [1.165, 1.54) is 20.8 Å². The van der Waals surface area contributed by atoms with Gasteiger partial charge in [0.05, 0.1) is 27.4 Å². The number of piperazine rings is 1. The lowest BCUT2D eigenvalue weighted by molar-refractivity contribution is -0.162. The maximum absolute atomic E-state index is 15.1. The minimum atomic E-state index is -4.43. The Morgan fingerprint density at radius 3 is 2.02 bits per heavy atom. The normalized spacial score (nSPS) is 20.1. The van der Waals surface area contributed by atoms with Crippen molar-refractivity contribution in [1.29, 1.82) is 0 Å². The number of imide groups is 1. The predicted molar refractivity (Wildman–Crippen MR) is 383 cm³/mol. The van der Waals surface area contributed by atoms with Crippen LogP contribution in [0.1, 0.15) is 163 Å². The molecule has 5 aliphatic rings. The molecule has 6 atom stereocenters. The first kappa shape index (κ1) is 79.8. The summed E-state index contributed by atoms with van der Waals surface area (Å²) in [4.78, 5) is 158. The third kappa shape index (κ3) is 19.4. The van der Waals surface area contributed by atoms with Gasteiger partial charge in [-0.05, 0) is 145 Å². The monoisotopic (exact) mass is 1490 g/mol. The lowest BCUT2D eigenvalue weighted by atomic mass is 9.86. The number of ether oxygens (including phenoxy) is 2. The van der Waals surface area contributed by atoms with Crippen LogP contribution in [0.4, 0.5) is 14.5 Å². The number of anilines is 1. The van der Waals surface area contributed by atoms with Gasteiger partial charge in [0.1, 0.15) is 30.2 Å². The molecule has 6 heterocycles. The van der Waals surface area contributed by atoms with Crippen LogP contribution in [0, 0.1) is 10.8 Å². The first-order valence-electron chi connectivity index (χ1n) is 35.2. The second-order valence-electron chi connectivity index (χ2n) is 30.8. The highest BCUT2D eigenvalue weighted by Crippen LogP contribution is 2.65. The molecule has 0 aliphatic carbocycles. The zero-order valence-electron chi connectivity index (χ0n) is 61.0. The van der Waals surface area contributed by atoms with Crippen molar-refractivity contribution >= 4 is 99.8 Å². The zero-order chi connectivity index (χ0) is 76.0. The number of esters is 2. The Balaban J connectivity index is 0.885. The van der Waals surface area contributed by atoms with Crippen molar-refractivity contribution in [2.75, 3.05) is 77.8 Å². The van der Waals surface area contributed by atoms with Gasteiger partial charge < -0.3 is 51.2 Å². The number of thiophene rings is 1. The molecule has 4 fully saturated rings. The summed E-state index contributed by atoms with van der Waals surface area (Å²) in [5.74, 6) is -6.66. The third-order valence-electron chi connectivity index (χ3n) is 19.7. The Hall–Kier alpha value is -8.28. The van der Waals surface area contributed by atoms with Crippen LogP contribution in [0.5, 0.6) is 0 Å². The Morgan fingerprint density at radius 1 is 0.750 bits per heavy atom. The van der Waals surface area contributed by atoms with E-state index < -0.39 is 134 Å². The van der Waals surface area contributed by atoms with Crippen LogP contribution < -0.4 is 32.3 Å². The van der Waals surface area contributed by atoms with E-state index in [1.54, 1.807) is 90.6 Å². The average molecular weight is 1490 g/mol. The van der Waals surface area contributed by atoms with E-state index in [-0.39, 0.29) is 99.0 Å². The van der Waals surface area contributed by atoms with Crippen LogP contribution in [0.25, 0.3) is 10.1 Å². The number of hydrogen-bond donors (Lipinski definition) is 6. The highest BCUT2D eigenvalue weighted by atomic mass is 32.1. The lowest BCUT2D eigenvalue weighted by Crippen LogP contribution is -2.62. The molecule has 9 rings (SSSR count). The van der Waals surface area contributed by atoms with Crippen molar-refractivity contribution < 1.29 is 84.6 Å². The molecular formula is C73H98F2N11O16PS. The second-order valence-corrected chi connectivity index (χ2v) is 34.6. The number of hydrogen-bond acceptors (Lipinski definition) is 20. The average Bonchev–Trinajstić information content (AvgIpc) is 1.57. The molecule has 27 nitrogen and oxygen atoms in total. The molecule has 104 heavy (non-hydrogen) atoms. The summed E-state index contributed by atoms with van der Waals surface area (Å²) in [6.07, 6.45) is -2.49. The maximum atomic E-state index is 15.1. The molecule has 0 spiro atoms. The highest BCUT2D eigenvalue weighted by molar-refractivity contribution is 7.55. The number of alkyl halides is 2. The van der Waals surface area contributed by atoms with Gasteiger partial charge in [0.15, 0.2) is 0 Å². The number of carbonyl (C=O) groups is 11. The lowest BCUT2D eigenvalue weighted by Gasteiger charge is -2.39. The molecule has 0 bridgehead atoms. The van der Waals surface area contributed by atoms with E-state index in [1.807, 2.05) is 30.3 Å². The fourth-order valence-corrected chi connectivity index (χ4v) is 15.9. The van der Waals surface area contributed by atoms with Crippen molar-refractivity contribution in [2.45, 2.75) is 187 Å². The number of nitrogens with two attached hydrogens (primary N) is 1. The quantitative estimate of drug-likeness (QED) is 0.0157. The van der Waals surface area contributed by atoms with Gasteiger partial charge in [-0.2, -0.15) is 0 Å². The summed E-state index contributed by atoms with van der Waals surface area (Å²) in [6.45, 7) is 19.3. The molecule has 1 aromatic heterocycles. The predicted octanol–water partition coefficient (Wildman–Crippen LogP) is 6.68. The molecule has 4 saturated heterocycles. The van der Waals surface area contributed by atoms with Crippen molar-refractivity contribution in [3.8, 4) is 0 Å². The standard InChI is InChI=1S/C73H98F2N11O16PS/c1-70(2,3)45-17-15-43(16-18-45)35-52(66(94)84-33-31-82(32-34-84)30-28-77-50-14-12-13-48-49(50)38-85(65(48)93)54-23-26-60(88)81-62(54)90)79-61(89)51(21-25-59(76)87)78-63(91)55-22-20-47-27-29-83(40-58(74)75)39-53(67(95)86(47)55)80-64(92)57-37-44-36-46(19-24-56(44)104-57)73(10,11)103(98,101-41-99-68(96)71(4,5)6)102-42-100-69(97)72(7,8)9/h12-19,24,36-37,47,51-55,58,77H,20-23,25-35,38-42H2,1-11H3,(H2,76,87)(H,78,91)(H,79,89)(H,80,92)(H,81,88,90)/t47-,51+,52+,53+,54?,55+/m1/s1. The van der Waals surface area contributed by atoms with Gasteiger partial charge in [-0.3, -0.25) is 81.5 Å². The fourth-order valence-electron chi connectivity index (χ4n) is 13.4. The smallest absolute Gasteiger partial charge is 0.346 e. The van der Waals surface area contributed by atoms with Crippen molar-refractivity contribution in [3.63, 3.8) is 0 Å². The number of nitrogens with one attached hydrogen (secondary N) is 5. The van der Waals surface area contributed by atoms with Crippen LogP contribution in [-0.4, -0.2) is 205 Å². The Kier molecular flexibility index (Phi) is 25.3. The van der Waals surface area contributed by atoms with Gasteiger partial charge in [0.25, 0.3) is 18.2 Å². The summed E-state index contributed by atoms with van der Waals surface area (Å²) < 4.78 is 66.0. The summed E-state index contributed by atoms with van der Waals surface area (Å²) in [7, 11) is -4.43. The van der Waals surface area contributed by atoms with E-state index in [2.05, 4.69) is 52.3 Å². The number of carbonyl (C=O) groups excluding carboxylic acids is 11. The van der Waals surface area contributed by atoms with Gasteiger partial charge in [0.2, 0.25) is 54.9 Å². The van der Waals surface area contributed by atoms with Crippen LogP contribution in [0.15, 0.2) is 66.7 Å². The number of rotatable bonds is 27. The van der Waals surface area contributed by atoms with Gasteiger partial charge in [-0.25, -0.2) is 8.78 Å². The summed E-state index contributed by atoms with van der Waals surface area (Å²) in [5, 5.41) is 13.2. The molecular weight excluding hydrogens is 1390 g/mol. The summed E-state index contributed by atoms with van der Waals surface area (Å²) in [5.41, 5.74) is 7.73. The zero-order valence-corrected chi connectivity index (χ0v) is 62.7. The number of piperidine rings is 1. The SMILES string of the molecule is CC(C)(C)C(=O)OCOP(=O)(OCOC(=O)C(C)(C)C)C(C)(C)c1ccc2sc(C(=O)N[C@H]3CN(CC(F)F)CC[C@H]4CC[C@@H](C(=O)N[C@@H](CCC(N)=O)C(=O)N[C@@H](Cc5ccc(C(C)(C)C)cc5)C(=O)N5CCN(CCNc6cccc7c6CN(C6CCC(=O)NC6=O)C7=O)CC5)N4C3=O)cc2c1.